The molecule has 1 aromatic rings. The SMILES string of the molecule is CCCC(NC(=O)[C@@H]1CC2(CN1C(=O)[C@@H](NC(=O)[C@H](CC(C)C)NC(C)=O)C1CCCCC1)SCCCS2)C(=O)C(=O)NCC(=O)NC(C(=O)N(C)OC)c1ccccc1. The first-order valence-corrected chi connectivity index (χ1v) is 23.0. The number of hydroxylamine groups is 2. The van der Waals surface area contributed by atoms with Crippen molar-refractivity contribution in [2.75, 3.05) is 38.8 Å². The van der Waals surface area contributed by atoms with E-state index in [2.05, 4.69) is 26.6 Å². The first-order chi connectivity index (χ1) is 28.6. The number of benzene rings is 1. The Morgan fingerprint density at radius 2 is 1.57 bits per heavy atom. The predicted octanol–water partition coefficient (Wildman–Crippen LogP) is 2.62. The normalized spacial score (nSPS) is 19.6. The van der Waals surface area contributed by atoms with Gasteiger partial charge in [0.25, 0.3) is 11.8 Å². The first-order valence-electron chi connectivity index (χ1n) is 21.0. The van der Waals surface area contributed by atoms with Crippen LogP contribution in [-0.4, -0.2) is 124 Å². The first kappa shape index (κ1) is 48.5. The minimum absolute atomic E-state index is 0.0901. The molecule has 60 heavy (non-hydrogen) atoms. The van der Waals surface area contributed by atoms with Gasteiger partial charge in [0.05, 0.1) is 23.8 Å². The van der Waals surface area contributed by atoms with Gasteiger partial charge in [0.1, 0.15) is 24.2 Å². The van der Waals surface area contributed by atoms with E-state index in [1.807, 2.05) is 13.8 Å². The molecule has 16 nitrogen and oxygen atoms in total. The number of nitrogens with one attached hydrogen (secondary N) is 5. The Morgan fingerprint density at radius 3 is 2.17 bits per heavy atom. The second kappa shape index (κ2) is 23.2. The lowest BCUT2D eigenvalue weighted by atomic mass is 9.83. The van der Waals surface area contributed by atoms with Gasteiger partial charge in [0.2, 0.25) is 35.3 Å². The summed E-state index contributed by atoms with van der Waals surface area (Å²) in [5.74, 6) is -3.48. The zero-order valence-corrected chi connectivity index (χ0v) is 37.3. The highest BCUT2D eigenvalue weighted by atomic mass is 32.2. The molecule has 2 saturated heterocycles. The number of hydrogen-bond acceptors (Lipinski definition) is 11. The third-order valence-corrected chi connectivity index (χ3v) is 14.4. The summed E-state index contributed by atoms with van der Waals surface area (Å²) in [6.07, 6.45) is 6.48. The summed E-state index contributed by atoms with van der Waals surface area (Å²) in [4.78, 5) is 115. The molecule has 332 valence electrons. The van der Waals surface area contributed by atoms with Crippen LogP contribution in [0.1, 0.15) is 104 Å². The number of amides is 7. The molecule has 0 aromatic heterocycles. The van der Waals surface area contributed by atoms with Crippen LogP contribution < -0.4 is 26.6 Å². The standard InChI is InChI=1S/C42H63N7O9S2/c1-7-15-30(36(52)39(55)43-24-33(51)46-34(40(56)48(5)58-6)28-16-10-8-11-17-28)45-38(54)32-23-42(59-20-14-21-60-42)25-49(32)41(57)35(29-18-12-9-13-19-29)47-37(53)31(22-26(2)3)44-27(4)50/h8,10-11,16-17,26,29-32,34-35H,7,9,12-15,18-25H2,1-6H3,(H,43,55)(H,44,50)(H,45,54)(H,46,51)(H,47,53)/t30?,31-,32-,34?,35-/m0/s1. The van der Waals surface area contributed by atoms with E-state index in [4.69, 9.17) is 4.84 Å². The summed E-state index contributed by atoms with van der Waals surface area (Å²) >= 11 is 3.41. The summed E-state index contributed by atoms with van der Waals surface area (Å²) in [5, 5.41) is 14.4. The molecule has 5 atom stereocenters. The summed E-state index contributed by atoms with van der Waals surface area (Å²) in [6.45, 7) is 6.68. The van der Waals surface area contributed by atoms with Crippen molar-refractivity contribution in [3.8, 4) is 0 Å². The number of nitrogens with zero attached hydrogens (tertiary/aromatic N) is 2. The fourth-order valence-corrected chi connectivity index (χ4v) is 11.4. The number of Topliss-reactive ketones (excluding diaryl/α,β-unsaturated/α-hetero) is 1. The lowest BCUT2D eigenvalue weighted by molar-refractivity contribution is -0.171. The molecule has 2 unspecified atom stereocenters. The highest BCUT2D eigenvalue weighted by Crippen LogP contribution is 2.50. The third-order valence-electron chi connectivity index (χ3n) is 11.1. The average molecular weight is 874 g/mol. The molecule has 18 heteroatoms. The van der Waals surface area contributed by atoms with Gasteiger partial charge in [-0.05, 0) is 61.0 Å². The van der Waals surface area contributed by atoms with Gasteiger partial charge < -0.3 is 31.5 Å². The van der Waals surface area contributed by atoms with Crippen LogP contribution in [-0.2, 0) is 43.2 Å². The minimum atomic E-state index is -1.25. The molecular weight excluding hydrogens is 811 g/mol. The monoisotopic (exact) mass is 873 g/mol. The van der Waals surface area contributed by atoms with Crippen molar-refractivity contribution in [3.63, 3.8) is 0 Å². The van der Waals surface area contributed by atoms with Crippen molar-refractivity contribution in [1.29, 1.82) is 0 Å². The van der Waals surface area contributed by atoms with E-state index >= 15 is 0 Å². The molecule has 7 amide bonds. The number of hydrogen-bond donors (Lipinski definition) is 5. The molecule has 4 rings (SSSR count). The lowest BCUT2D eigenvalue weighted by Gasteiger charge is -2.36. The predicted molar refractivity (Wildman–Crippen MR) is 230 cm³/mol. The minimum Gasteiger partial charge on any atom is -0.345 e. The van der Waals surface area contributed by atoms with Gasteiger partial charge in [-0.25, -0.2) is 5.06 Å². The Labute approximate surface area is 361 Å². The Balaban J connectivity index is 1.52. The quantitative estimate of drug-likeness (QED) is 0.101. The average Bonchev–Trinajstić information content (AvgIpc) is 3.61. The van der Waals surface area contributed by atoms with Crippen LogP contribution >= 0.6 is 23.5 Å². The van der Waals surface area contributed by atoms with Gasteiger partial charge in [0, 0.05) is 26.9 Å². The number of ketones is 1. The van der Waals surface area contributed by atoms with E-state index in [9.17, 15) is 38.4 Å². The van der Waals surface area contributed by atoms with Crippen LogP contribution in [0.25, 0.3) is 0 Å². The Morgan fingerprint density at radius 1 is 0.900 bits per heavy atom. The molecule has 3 aliphatic rings. The van der Waals surface area contributed by atoms with Crippen LogP contribution in [0.3, 0.4) is 0 Å². The number of likely N-dealkylation sites (tertiary alicyclic amines) is 1. The summed E-state index contributed by atoms with van der Waals surface area (Å²) < 4.78 is -0.473. The van der Waals surface area contributed by atoms with Gasteiger partial charge in [-0.3, -0.25) is 43.2 Å². The largest absolute Gasteiger partial charge is 0.345 e. The van der Waals surface area contributed by atoms with Gasteiger partial charge in [-0.1, -0.05) is 76.8 Å². The highest BCUT2D eigenvalue weighted by Gasteiger charge is 2.52. The van der Waals surface area contributed by atoms with Gasteiger partial charge >= 0.3 is 0 Å². The number of carbonyl (C=O) groups is 8. The fraction of sp³-hybridized carbons (Fsp3) is 0.667. The van der Waals surface area contributed by atoms with Crippen LogP contribution in [0.5, 0.6) is 0 Å². The molecule has 0 bridgehead atoms. The zero-order valence-electron chi connectivity index (χ0n) is 35.7. The molecule has 2 aliphatic heterocycles. The van der Waals surface area contributed by atoms with Crippen LogP contribution in [0, 0.1) is 11.8 Å². The number of likely N-dealkylation sites (N-methyl/N-ethyl adjacent to an activating group) is 1. The van der Waals surface area contributed by atoms with E-state index < -0.39 is 76.2 Å². The molecule has 5 N–H and O–H groups in total. The van der Waals surface area contributed by atoms with Crippen LogP contribution in [0.4, 0.5) is 0 Å². The van der Waals surface area contributed by atoms with E-state index in [1.165, 1.54) is 21.1 Å². The van der Waals surface area contributed by atoms with Crippen molar-refractivity contribution in [3.05, 3.63) is 35.9 Å². The van der Waals surface area contributed by atoms with Crippen LogP contribution in [0.2, 0.25) is 0 Å². The molecule has 3 fully saturated rings. The van der Waals surface area contributed by atoms with Crippen molar-refractivity contribution in [2.45, 2.75) is 126 Å². The maximum absolute atomic E-state index is 14.9. The topological polar surface area (TPSA) is 212 Å². The Hall–Kier alpha value is -4.16. The van der Waals surface area contributed by atoms with Crippen molar-refractivity contribution >= 4 is 70.7 Å². The van der Waals surface area contributed by atoms with E-state index in [0.717, 1.165) is 55.1 Å². The molecule has 2 heterocycles. The van der Waals surface area contributed by atoms with Crippen LogP contribution in [0.15, 0.2) is 30.3 Å². The number of carbonyl (C=O) groups excluding carboxylic acids is 8. The molecule has 1 spiro atoms. The smallest absolute Gasteiger partial charge is 0.290 e. The highest BCUT2D eigenvalue weighted by molar-refractivity contribution is 8.18. The second-order valence-corrected chi connectivity index (χ2v) is 19.5. The summed E-state index contributed by atoms with van der Waals surface area (Å²) in [7, 11) is 2.70. The van der Waals surface area contributed by atoms with E-state index in [0.29, 0.717) is 24.8 Å². The van der Waals surface area contributed by atoms with E-state index in [1.54, 1.807) is 65.7 Å². The van der Waals surface area contributed by atoms with Crippen molar-refractivity contribution < 1.29 is 43.2 Å². The van der Waals surface area contributed by atoms with Crippen molar-refractivity contribution in [1.82, 2.24) is 36.5 Å². The molecular formula is C42H63N7O9S2. The zero-order chi connectivity index (χ0) is 44.0. The number of rotatable bonds is 19. The summed E-state index contributed by atoms with van der Waals surface area (Å²) in [6, 6.07) is 3.35. The van der Waals surface area contributed by atoms with E-state index in [-0.39, 0.29) is 36.6 Å². The van der Waals surface area contributed by atoms with Gasteiger partial charge in [-0.2, -0.15) is 0 Å². The lowest BCUT2D eigenvalue weighted by Crippen LogP contribution is -2.60. The molecule has 1 aromatic carbocycles. The molecule has 1 saturated carbocycles. The van der Waals surface area contributed by atoms with Gasteiger partial charge in [0.15, 0.2) is 0 Å². The Kier molecular flexibility index (Phi) is 18.7. The molecule has 1 aliphatic carbocycles. The Bertz CT molecular complexity index is 1690. The summed E-state index contributed by atoms with van der Waals surface area (Å²) in [5.41, 5.74) is 0.479. The van der Waals surface area contributed by atoms with Crippen molar-refractivity contribution in [2.24, 2.45) is 11.8 Å². The third kappa shape index (κ3) is 13.4. The maximum Gasteiger partial charge on any atom is 0.290 e. The maximum atomic E-state index is 14.9. The fourth-order valence-electron chi connectivity index (χ4n) is 8.01. The van der Waals surface area contributed by atoms with Gasteiger partial charge in [-0.15, -0.1) is 23.5 Å². The number of thioether (sulfide) groups is 2. The second-order valence-electron chi connectivity index (χ2n) is 16.2. The molecule has 0 radical (unpaired) electrons.